The van der Waals surface area contributed by atoms with Crippen LogP contribution in [0.15, 0.2) is 57.1 Å². The second-order valence-corrected chi connectivity index (χ2v) is 6.56. The normalized spacial score (nSPS) is 11.4. The molecule has 0 bridgehead atoms. The maximum absolute atomic E-state index is 11.8. The van der Waals surface area contributed by atoms with Crippen molar-refractivity contribution in [3.63, 3.8) is 0 Å². The van der Waals surface area contributed by atoms with E-state index in [2.05, 4.69) is 27.5 Å². The number of carbonyl (C=O) groups excluding carboxylic acids is 1. The van der Waals surface area contributed by atoms with Gasteiger partial charge in [0.1, 0.15) is 0 Å². The second kappa shape index (κ2) is 10.8. The lowest BCUT2D eigenvalue weighted by Crippen LogP contribution is -2.15. The summed E-state index contributed by atoms with van der Waals surface area (Å²) in [5.74, 6) is -0.175. The predicted molar refractivity (Wildman–Crippen MR) is 112 cm³/mol. The van der Waals surface area contributed by atoms with Gasteiger partial charge in [0.05, 0.1) is 6.61 Å². The molecule has 0 saturated carbocycles. The summed E-state index contributed by atoms with van der Waals surface area (Å²) < 4.78 is 12.7. The van der Waals surface area contributed by atoms with Crippen LogP contribution in [0.3, 0.4) is 0 Å². The molecular formula is C20H24N6O5. The molecule has 0 radical (unpaired) electrons. The molecular weight excluding hydrogens is 404 g/mol. The summed E-state index contributed by atoms with van der Waals surface area (Å²) in [6, 6.07) is 10.7. The van der Waals surface area contributed by atoms with Crippen molar-refractivity contribution >= 4 is 17.6 Å². The number of rotatable bonds is 10. The van der Waals surface area contributed by atoms with Crippen LogP contribution in [-0.4, -0.2) is 37.9 Å². The molecule has 11 heteroatoms. The van der Waals surface area contributed by atoms with Crippen molar-refractivity contribution in [2.24, 2.45) is 12.2 Å². The smallest absolute Gasteiger partial charge is 0.449 e. The number of unbranched alkanes of at least 4 members (excludes halogenated alkanes) is 2. The highest BCUT2D eigenvalue weighted by molar-refractivity contribution is 6.10. The average molecular weight is 428 g/mol. The Morgan fingerprint density at radius 2 is 2.03 bits per heavy atom. The molecule has 11 nitrogen and oxygen atoms in total. The molecule has 3 rings (SSSR count). The number of aryl methyl sites for hydroxylation is 1. The van der Waals surface area contributed by atoms with Crippen molar-refractivity contribution in [2.75, 3.05) is 11.9 Å². The van der Waals surface area contributed by atoms with Crippen LogP contribution in [0.2, 0.25) is 0 Å². The van der Waals surface area contributed by atoms with Crippen molar-refractivity contribution in [3.8, 4) is 0 Å². The largest absolute Gasteiger partial charge is 0.460 e. The van der Waals surface area contributed by atoms with Gasteiger partial charge in [0.15, 0.2) is 17.4 Å². The van der Waals surface area contributed by atoms with E-state index in [0.717, 1.165) is 19.3 Å². The van der Waals surface area contributed by atoms with Gasteiger partial charge < -0.3 is 14.1 Å². The monoisotopic (exact) mass is 428 g/mol. The van der Waals surface area contributed by atoms with Crippen LogP contribution in [-0.2, 0) is 23.4 Å². The van der Waals surface area contributed by atoms with Gasteiger partial charge in [0, 0.05) is 24.9 Å². The fraction of sp³-hybridized carbons (Fsp3) is 0.350. The number of benzene rings is 1. The SMILES string of the molecule is CCCCCOC(=O)Nc1ccn(CO/N=C(/c2ccccc2)c2nc(=O)on2C)n1. The van der Waals surface area contributed by atoms with Gasteiger partial charge in [-0.15, -0.1) is 0 Å². The molecule has 0 atom stereocenters. The number of hydrogen-bond acceptors (Lipinski definition) is 8. The topological polar surface area (TPSA) is 126 Å². The summed E-state index contributed by atoms with van der Waals surface area (Å²) in [6.07, 6.45) is 3.95. The number of anilines is 1. The zero-order chi connectivity index (χ0) is 22.1. The van der Waals surface area contributed by atoms with Gasteiger partial charge in [-0.25, -0.2) is 14.3 Å². The third-order valence-electron chi connectivity index (χ3n) is 4.17. The molecule has 2 aromatic heterocycles. The molecule has 3 aromatic rings. The zero-order valence-corrected chi connectivity index (χ0v) is 17.4. The molecule has 0 spiro atoms. The summed E-state index contributed by atoms with van der Waals surface area (Å²) in [6.45, 7) is 2.41. The molecule has 0 unspecified atom stereocenters. The van der Waals surface area contributed by atoms with Crippen molar-refractivity contribution < 1.29 is 18.9 Å². The number of nitrogens with one attached hydrogen (secondary N) is 1. The first kappa shape index (κ1) is 21.8. The number of hydrogen-bond donors (Lipinski definition) is 1. The van der Waals surface area contributed by atoms with E-state index in [9.17, 15) is 9.59 Å². The number of ether oxygens (including phenoxy) is 1. The van der Waals surface area contributed by atoms with Crippen LogP contribution in [0, 0.1) is 0 Å². The average Bonchev–Trinajstić information content (AvgIpc) is 3.34. The summed E-state index contributed by atoms with van der Waals surface area (Å²) >= 11 is 0. The molecule has 31 heavy (non-hydrogen) atoms. The molecule has 2 heterocycles. The number of nitrogens with zero attached hydrogens (tertiary/aromatic N) is 5. The number of carbonyl (C=O) groups is 1. The molecule has 0 fully saturated rings. The molecule has 0 aliphatic heterocycles. The fourth-order valence-corrected chi connectivity index (χ4v) is 2.67. The van der Waals surface area contributed by atoms with Gasteiger partial charge >= 0.3 is 11.8 Å². The minimum Gasteiger partial charge on any atom is -0.449 e. The van der Waals surface area contributed by atoms with E-state index in [-0.39, 0.29) is 12.6 Å². The highest BCUT2D eigenvalue weighted by Crippen LogP contribution is 2.09. The fourth-order valence-electron chi connectivity index (χ4n) is 2.67. The van der Waals surface area contributed by atoms with E-state index < -0.39 is 11.8 Å². The summed E-state index contributed by atoms with van der Waals surface area (Å²) in [5.41, 5.74) is 1.02. The first-order valence-corrected chi connectivity index (χ1v) is 9.84. The minimum absolute atomic E-state index is 0.0324. The quantitative estimate of drug-likeness (QED) is 0.299. The standard InChI is InChI=1S/C20H24N6O5/c1-3-4-8-13-29-19(27)21-16-11-12-26(23-16)14-30-24-17(15-9-6-5-7-10-15)18-22-20(28)31-25(18)2/h5-7,9-12H,3-4,8,13-14H2,1-2H3,(H,21,23,27)/b24-17-. The molecule has 1 amide bonds. The highest BCUT2D eigenvalue weighted by Gasteiger charge is 2.16. The van der Waals surface area contributed by atoms with Crippen molar-refractivity contribution in [1.82, 2.24) is 19.5 Å². The Hall–Kier alpha value is -3.89. The first-order chi connectivity index (χ1) is 15.1. The van der Waals surface area contributed by atoms with Gasteiger partial charge in [0.25, 0.3) is 0 Å². The lowest BCUT2D eigenvalue weighted by atomic mass is 10.1. The molecule has 164 valence electrons. The van der Waals surface area contributed by atoms with Gasteiger partial charge in [-0.05, 0) is 6.42 Å². The van der Waals surface area contributed by atoms with Crippen molar-refractivity contribution in [3.05, 3.63) is 64.5 Å². The summed E-state index contributed by atoms with van der Waals surface area (Å²) in [4.78, 5) is 32.5. The van der Waals surface area contributed by atoms with Crippen molar-refractivity contribution in [2.45, 2.75) is 32.9 Å². The second-order valence-electron chi connectivity index (χ2n) is 6.56. The van der Waals surface area contributed by atoms with Crippen molar-refractivity contribution in [1.29, 1.82) is 0 Å². The molecule has 1 aromatic carbocycles. The van der Waals surface area contributed by atoms with E-state index >= 15 is 0 Å². The Labute approximate surface area is 178 Å². The van der Waals surface area contributed by atoms with E-state index in [4.69, 9.17) is 14.1 Å². The van der Waals surface area contributed by atoms with Gasteiger partial charge in [-0.1, -0.05) is 55.3 Å². The summed E-state index contributed by atoms with van der Waals surface area (Å²) in [7, 11) is 1.55. The van der Waals surface area contributed by atoms with Crippen LogP contribution in [0.1, 0.15) is 37.6 Å². The molecule has 0 aliphatic rings. The van der Waals surface area contributed by atoms with E-state index in [1.807, 2.05) is 30.3 Å². The molecule has 1 N–H and O–H groups in total. The maximum atomic E-state index is 11.8. The van der Waals surface area contributed by atoms with Crippen LogP contribution < -0.4 is 11.1 Å². The maximum Gasteiger partial charge on any atom is 0.460 e. The third kappa shape index (κ3) is 6.29. The Kier molecular flexibility index (Phi) is 7.57. The van der Waals surface area contributed by atoms with Gasteiger partial charge in [-0.3, -0.25) is 5.32 Å². The zero-order valence-electron chi connectivity index (χ0n) is 17.4. The molecule has 0 saturated heterocycles. The minimum atomic E-state index is -0.731. The Balaban J connectivity index is 1.62. The van der Waals surface area contributed by atoms with E-state index in [0.29, 0.717) is 23.7 Å². The van der Waals surface area contributed by atoms with Gasteiger partial charge in [-0.2, -0.15) is 14.8 Å². The summed E-state index contributed by atoms with van der Waals surface area (Å²) in [5, 5.41) is 10.9. The Morgan fingerprint density at radius 3 is 2.74 bits per heavy atom. The van der Waals surface area contributed by atoms with Gasteiger partial charge in [0.2, 0.25) is 6.73 Å². The third-order valence-corrected chi connectivity index (χ3v) is 4.17. The first-order valence-electron chi connectivity index (χ1n) is 9.84. The van der Waals surface area contributed by atoms with E-state index in [1.165, 1.54) is 9.42 Å². The number of aromatic nitrogens is 4. The lowest BCUT2D eigenvalue weighted by molar-refractivity contribution is 0.0755. The van der Waals surface area contributed by atoms with Crippen LogP contribution in [0.4, 0.5) is 10.6 Å². The number of amides is 1. The number of oxime groups is 1. The Bertz CT molecular complexity index is 1070. The van der Waals surface area contributed by atoms with Crippen LogP contribution in [0.5, 0.6) is 0 Å². The highest BCUT2D eigenvalue weighted by atomic mass is 16.6. The molecule has 0 aliphatic carbocycles. The van der Waals surface area contributed by atoms with Crippen LogP contribution >= 0.6 is 0 Å². The van der Waals surface area contributed by atoms with Crippen LogP contribution in [0.25, 0.3) is 0 Å². The van der Waals surface area contributed by atoms with E-state index in [1.54, 1.807) is 19.3 Å². The Morgan fingerprint density at radius 1 is 1.23 bits per heavy atom. The predicted octanol–water partition coefficient (Wildman–Crippen LogP) is 2.74. The lowest BCUT2D eigenvalue weighted by Gasteiger charge is -2.06.